The Bertz CT molecular complexity index is 1010. The molecule has 1 aliphatic rings. The average Bonchev–Trinajstić information content (AvgIpc) is 3.42. The van der Waals surface area contributed by atoms with Crippen molar-refractivity contribution in [2.75, 3.05) is 0 Å². The number of carbonyl (C=O) groups is 1. The molecule has 30 heavy (non-hydrogen) atoms. The number of hydrogen-bond acceptors (Lipinski definition) is 4. The fourth-order valence-electron chi connectivity index (χ4n) is 3.87. The Morgan fingerprint density at radius 1 is 1.07 bits per heavy atom. The molecule has 0 unspecified atom stereocenters. The molecule has 6 heteroatoms. The SMILES string of the molecule is Cc1ccc(-n2c(CNC(=O)C3CCCC3)nnc2SCc2ccccc2C)cc1. The fourth-order valence-corrected chi connectivity index (χ4v) is 4.92. The van der Waals surface area contributed by atoms with Gasteiger partial charge in [0.25, 0.3) is 0 Å². The highest BCUT2D eigenvalue weighted by Crippen LogP contribution is 2.27. The van der Waals surface area contributed by atoms with E-state index in [-0.39, 0.29) is 11.8 Å². The molecule has 0 atom stereocenters. The minimum absolute atomic E-state index is 0.139. The summed E-state index contributed by atoms with van der Waals surface area (Å²) in [5.74, 6) is 1.87. The van der Waals surface area contributed by atoms with Crippen LogP contribution in [-0.2, 0) is 17.1 Å². The van der Waals surface area contributed by atoms with Crippen LogP contribution in [0.15, 0.2) is 53.7 Å². The van der Waals surface area contributed by atoms with Crippen molar-refractivity contribution >= 4 is 17.7 Å². The van der Waals surface area contributed by atoms with Gasteiger partial charge in [-0.25, -0.2) is 0 Å². The summed E-state index contributed by atoms with van der Waals surface area (Å²) in [6.45, 7) is 4.60. The first kappa shape index (κ1) is 20.7. The maximum absolute atomic E-state index is 12.5. The van der Waals surface area contributed by atoms with Gasteiger partial charge in [-0.15, -0.1) is 10.2 Å². The lowest BCUT2D eigenvalue weighted by atomic mass is 10.1. The van der Waals surface area contributed by atoms with Gasteiger partial charge < -0.3 is 5.32 Å². The number of thioether (sulfide) groups is 1. The quantitative estimate of drug-likeness (QED) is 0.548. The van der Waals surface area contributed by atoms with Crippen molar-refractivity contribution in [3.8, 4) is 5.69 Å². The Morgan fingerprint density at radius 3 is 2.53 bits per heavy atom. The second-order valence-corrected chi connectivity index (χ2v) is 8.93. The van der Waals surface area contributed by atoms with Gasteiger partial charge in [0.2, 0.25) is 5.91 Å². The molecule has 5 nitrogen and oxygen atoms in total. The molecular weight excluding hydrogens is 392 g/mol. The first-order chi connectivity index (χ1) is 14.6. The Labute approximate surface area is 182 Å². The number of rotatable bonds is 7. The number of aryl methyl sites for hydroxylation is 2. The zero-order valence-electron chi connectivity index (χ0n) is 17.6. The maximum Gasteiger partial charge on any atom is 0.223 e. The molecule has 0 aliphatic heterocycles. The molecule has 1 fully saturated rings. The van der Waals surface area contributed by atoms with Gasteiger partial charge in [-0.2, -0.15) is 0 Å². The normalized spacial score (nSPS) is 14.2. The Morgan fingerprint density at radius 2 is 1.80 bits per heavy atom. The number of nitrogens with one attached hydrogen (secondary N) is 1. The third kappa shape index (κ3) is 4.75. The molecule has 1 aromatic heterocycles. The summed E-state index contributed by atoms with van der Waals surface area (Å²) < 4.78 is 2.07. The minimum Gasteiger partial charge on any atom is -0.349 e. The summed E-state index contributed by atoms with van der Waals surface area (Å²) in [5.41, 5.74) is 4.78. The van der Waals surface area contributed by atoms with E-state index < -0.39 is 0 Å². The van der Waals surface area contributed by atoms with Crippen molar-refractivity contribution in [1.82, 2.24) is 20.1 Å². The molecule has 3 aromatic rings. The molecule has 0 spiro atoms. The molecular formula is C24H28N4OS. The molecule has 0 bridgehead atoms. The van der Waals surface area contributed by atoms with E-state index in [9.17, 15) is 4.79 Å². The van der Waals surface area contributed by atoms with Gasteiger partial charge in [0, 0.05) is 17.4 Å². The second-order valence-electron chi connectivity index (χ2n) is 7.98. The average molecular weight is 421 g/mol. The first-order valence-corrected chi connectivity index (χ1v) is 11.6. The molecule has 1 aliphatic carbocycles. The van der Waals surface area contributed by atoms with E-state index in [0.29, 0.717) is 6.54 Å². The minimum atomic E-state index is 0.139. The smallest absolute Gasteiger partial charge is 0.223 e. The van der Waals surface area contributed by atoms with Crippen LogP contribution in [0.4, 0.5) is 0 Å². The van der Waals surface area contributed by atoms with Crippen molar-refractivity contribution < 1.29 is 4.79 Å². The molecule has 0 radical (unpaired) electrons. The molecule has 1 heterocycles. The number of benzene rings is 2. The number of nitrogens with zero attached hydrogens (tertiary/aromatic N) is 3. The van der Waals surface area contributed by atoms with Gasteiger partial charge >= 0.3 is 0 Å². The van der Waals surface area contributed by atoms with E-state index in [2.05, 4.69) is 82.5 Å². The number of amides is 1. The number of carbonyl (C=O) groups excluding carboxylic acids is 1. The summed E-state index contributed by atoms with van der Waals surface area (Å²) in [7, 11) is 0. The number of aromatic nitrogens is 3. The van der Waals surface area contributed by atoms with E-state index >= 15 is 0 Å². The van der Waals surface area contributed by atoms with Gasteiger partial charge in [0.15, 0.2) is 11.0 Å². The van der Waals surface area contributed by atoms with Crippen LogP contribution < -0.4 is 5.32 Å². The van der Waals surface area contributed by atoms with Crippen molar-refractivity contribution in [2.45, 2.75) is 57.0 Å². The Kier molecular flexibility index (Phi) is 6.53. The molecule has 4 rings (SSSR count). The van der Waals surface area contributed by atoms with Gasteiger partial charge in [0.1, 0.15) is 0 Å². The Hall–Kier alpha value is -2.60. The van der Waals surface area contributed by atoms with E-state index in [1.165, 1.54) is 16.7 Å². The van der Waals surface area contributed by atoms with Crippen molar-refractivity contribution in [1.29, 1.82) is 0 Å². The van der Waals surface area contributed by atoms with Crippen molar-refractivity contribution in [2.24, 2.45) is 5.92 Å². The van der Waals surface area contributed by atoms with Crippen LogP contribution in [0.2, 0.25) is 0 Å². The molecule has 0 saturated heterocycles. The third-order valence-corrected chi connectivity index (χ3v) is 6.74. The van der Waals surface area contributed by atoms with Crippen LogP contribution >= 0.6 is 11.8 Å². The van der Waals surface area contributed by atoms with Crippen LogP contribution in [0.3, 0.4) is 0 Å². The monoisotopic (exact) mass is 420 g/mol. The number of hydrogen-bond donors (Lipinski definition) is 1. The summed E-state index contributed by atoms with van der Waals surface area (Å²) in [6, 6.07) is 16.7. The predicted molar refractivity (Wildman–Crippen MR) is 121 cm³/mol. The van der Waals surface area contributed by atoms with Gasteiger partial charge in [0.05, 0.1) is 6.54 Å². The lowest BCUT2D eigenvalue weighted by molar-refractivity contribution is -0.125. The Balaban J connectivity index is 1.55. The van der Waals surface area contributed by atoms with Crippen LogP contribution in [0, 0.1) is 19.8 Å². The van der Waals surface area contributed by atoms with Crippen LogP contribution in [0.25, 0.3) is 5.69 Å². The van der Waals surface area contributed by atoms with Crippen LogP contribution in [0.1, 0.15) is 48.2 Å². The molecule has 1 saturated carbocycles. The highest BCUT2D eigenvalue weighted by atomic mass is 32.2. The van der Waals surface area contributed by atoms with E-state index in [0.717, 1.165) is 48.1 Å². The summed E-state index contributed by atoms with van der Waals surface area (Å²) in [5, 5.41) is 12.8. The van der Waals surface area contributed by atoms with Gasteiger partial charge in [-0.05, 0) is 49.9 Å². The predicted octanol–water partition coefficient (Wildman–Crippen LogP) is 4.98. The second kappa shape index (κ2) is 9.47. The van der Waals surface area contributed by atoms with Crippen molar-refractivity contribution in [3.63, 3.8) is 0 Å². The van der Waals surface area contributed by atoms with E-state index in [1.54, 1.807) is 11.8 Å². The highest BCUT2D eigenvalue weighted by molar-refractivity contribution is 7.98. The molecule has 1 amide bonds. The molecule has 2 aromatic carbocycles. The summed E-state index contributed by atoms with van der Waals surface area (Å²) in [6.07, 6.45) is 4.29. The lowest BCUT2D eigenvalue weighted by Crippen LogP contribution is -2.29. The molecule has 1 N–H and O–H groups in total. The zero-order chi connectivity index (χ0) is 20.9. The largest absolute Gasteiger partial charge is 0.349 e. The summed E-state index contributed by atoms with van der Waals surface area (Å²) >= 11 is 1.67. The summed E-state index contributed by atoms with van der Waals surface area (Å²) in [4.78, 5) is 12.5. The standard InChI is InChI=1S/C24H28N4OS/c1-17-11-13-21(14-12-17)28-22(15-25-23(29)19-8-5-6-9-19)26-27-24(28)30-16-20-10-4-3-7-18(20)2/h3-4,7,10-14,19H,5-6,8-9,15-16H2,1-2H3,(H,25,29). The van der Waals surface area contributed by atoms with Crippen LogP contribution in [0.5, 0.6) is 0 Å². The maximum atomic E-state index is 12.5. The lowest BCUT2D eigenvalue weighted by Gasteiger charge is -2.13. The molecule has 156 valence electrons. The van der Waals surface area contributed by atoms with Gasteiger partial charge in [-0.1, -0.05) is 66.6 Å². The van der Waals surface area contributed by atoms with Crippen LogP contribution in [-0.4, -0.2) is 20.7 Å². The first-order valence-electron chi connectivity index (χ1n) is 10.6. The highest BCUT2D eigenvalue weighted by Gasteiger charge is 2.23. The topological polar surface area (TPSA) is 59.8 Å². The fraction of sp³-hybridized carbons (Fsp3) is 0.375. The third-order valence-electron chi connectivity index (χ3n) is 5.76. The van der Waals surface area contributed by atoms with E-state index in [1.807, 2.05) is 0 Å². The van der Waals surface area contributed by atoms with Gasteiger partial charge in [-0.3, -0.25) is 9.36 Å². The van der Waals surface area contributed by atoms with E-state index in [4.69, 9.17) is 0 Å². The zero-order valence-corrected chi connectivity index (χ0v) is 18.4. The van der Waals surface area contributed by atoms with Crippen molar-refractivity contribution in [3.05, 3.63) is 71.0 Å².